The molecule has 0 fully saturated rings. The Balaban J connectivity index is 0.00000243. The molecule has 5 nitrogen and oxygen atoms in total. The molecule has 3 rings (SSSR count). The van der Waals surface area contributed by atoms with Gasteiger partial charge in [0.1, 0.15) is 0 Å². The van der Waals surface area contributed by atoms with E-state index in [0.717, 1.165) is 23.1 Å². The van der Waals surface area contributed by atoms with Gasteiger partial charge >= 0.3 is 0 Å². The van der Waals surface area contributed by atoms with Gasteiger partial charge in [-0.1, -0.05) is 18.2 Å². The third kappa shape index (κ3) is 4.96. The molecule has 0 atom stereocenters. The van der Waals surface area contributed by atoms with Crippen LogP contribution in [0.5, 0.6) is 11.5 Å². The second-order valence-corrected chi connectivity index (χ2v) is 5.50. The van der Waals surface area contributed by atoms with Crippen LogP contribution in [0, 0.1) is 11.6 Å². The SMILES string of the molecule is CN=C(NCCc1cccc(F)c1F)NCc1ccc2c(c1)OCO2.I. The number of aliphatic imine (C=N–C) groups is 1. The molecule has 1 aliphatic heterocycles. The maximum Gasteiger partial charge on any atom is 0.231 e. The molecule has 0 unspecified atom stereocenters. The van der Waals surface area contributed by atoms with Gasteiger partial charge in [0.15, 0.2) is 29.1 Å². The van der Waals surface area contributed by atoms with Crippen molar-refractivity contribution in [2.45, 2.75) is 13.0 Å². The highest BCUT2D eigenvalue weighted by molar-refractivity contribution is 14.0. The highest BCUT2D eigenvalue weighted by Crippen LogP contribution is 2.32. The van der Waals surface area contributed by atoms with Gasteiger partial charge in [0, 0.05) is 20.1 Å². The van der Waals surface area contributed by atoms with Crippen LogP contribution in [0.3, 0.4) is 0 Å². The van der Waals surface area contributed by atoms with Crippen molar-refractivity contribution in [2.24, 2.45) is 4.99 Å². The van der Waals surface area contributed by atoms with E-state index in [4.69, 9.17) is 9.47 Å². The van der Waals surface area contributed by atoms with Crippen molar-refractivity contribution in [1.29, 1.82) is 0 Å². The van der Waals surface area contributed by atoms with Crippen molar-refractivity contribution in [3.8, 4) is 11.5 Å². The van der Waals surface area contributed by atoms with Gasteiger partial charge in [-0.25, -0.2) is 8.78 Å². The van der Waals surface area contributed by atoms with Gasteiger partial charge in [0.05, 0.1) is 0 Å². The molecule has 26 heavy (non-hydrogen) atoms. The molecule has 0 aliphatic carbocycles. The van der Waals surface area contributed by atoms with E-state index in [9.17, 15) is 8.78 Å². The largest absolute Gasteiger partial charge is 0.454 e. The van der Waals surface area contributed by atoms with Crippen LogP contribution in [0.15, 0.2) is 41.4 Å². The molecule has 0 aromatic heterocycles. The van der Waals surface area contributed by atoms with Crippen LogP contribution >= 0.6 is 24.0 Å². The lowest BCUT2D eigenvalue weighted by Crippen LogP contribution is -2.37. The average Bonchev–Trinajstić information content (AvgIpc) is 3.09. The second-order valence-electron chi connectivity index (χ2n) is 5.50. The number of benzene rings is 2. The zero-order valence-electron chi connectivity index (χ0n) is 14.2. The first-order valence-electron chi connectivity index (χ1n) is 7.93. The minimum absolute atomic E-state index is 0. The Hall–Kier alpha value is -2.10. The van der Waals surface area contributed by atoms with Crippen molar-refractivity contribution in [3.05, 3.63) is 59.2 Å². The lowest BCUT2D eigenvalue weighted by atomic mass is 10.1. The zero-order valence-corrected chi connectivity index (χ0v) is 16.6. The Kier molecular flexibility index (Phi) is 7.43. The topological polar surface area (TPSA) is 54.9 Å². The lowest BCUT2D eigenvalue weighted by Gasteiger charge is -2.12. The molecule has 0 saturated heterocycles. The van der Waals surface area contributed by atoms with Crippen molar-refractivity contribution < 1.29 is 18.3 Å². The molecule has 2 aromatic carbocycles. The number of rotatable bonds is 5. The summed E-state index contributed by atoms with van der Waals surface area (Å²) in [6.45, 7) is 1.22. The lowest BCUT2D eigenvalue weighted by molar-refractivity contribution is 0.174. The first-order valence-corrected chi connectivity index (χ1v) is 7.93. The Morgan fingerprint density at radius 2 is 1.92 bits per heavy atom. The average molecular weight is 475 g/mol. The van der Waals surface area contributed by atoms with Crippen LogP contribution in [0.2, 0.25) is 0 Å². The summed E-state index contributed by atoms with van der Waals surface area (Å²) < 4.78 is 37.4. The summed E-state index contributed by atoms with van der Waals surface area (Å²) in [4.78, 5) is 4.12. The van der Waals surface area contributed by atoms with E-state index in [-0.39, 0.29) is 30.8 Å². The van der Waals surface area contributed by atoms with E-state index in [1.807, 2.05) is 18.2 Å². The van der Waals surface area contributed by atoms with E-state index in [0.29, 0.717) is 31.0 Å². The third-order valence-electron chi connectivity index (χ3n) is 3.84. The van der Waals surface area contributed by atoms with Crippen LogP contribution in [0.25, 0.3) is 0 Å². The summed E-state index contributed by atoms with van der Waals surface area (Å²) in [6, 6.07) is 9.89. The summed E-state index contributed by atoms with van der Waals surface area (Å²) >= 11 is 0. The van der Waals surface area contributed by atoms with Gasteiger partial charge in [-0.3, -0.25) is 4.99 Å². The van der Waals surface area contributed by atoms with Crippen LogP contribution in [-0.2, 0) is 13.0 Å². The molecular formula is C18H20F2IN3O2. The first-order chi connectivity index (χ1) is 12.2. The minimum atomic E-state index is -0.831. The molecular weight excluding hydrogens is 455 g/mol. The highest BCUT2D eigenvalue weighted by atomic mass is 127. The van der Waals surface area contributed by atoms with Crippen LogP contribution in [0.4, 0.5) is 8.78 Å². The van der Waals surface area contributed by atoms with E-state index < -0.39 is 11.6 Å². The molecule has 1 heterocycles. The molecule has 2 aromatic rings. The predicted octanol–water partition coefficient (Wildman–Crippen LogP) is 3.22. The third-order valence-corrected chi connectivity index (χ3v) is 3.84. The van der Waals surface area contributed by atoms with Crippen LogP contribution in [0.1, 0.15) is 11.1 Å². The fourth-order valence-electron chi connectivity index (χ4n) is 2.51. The number of fused-ring (bicyclic) bond motifs is 1. The number of ether oxygens (including phenoxy) is 2. The number of nitrogens with zero attached hydrogens (tertiary/aromatic N) is 1. The van der Waals surface area contributed by atoms with Crippen molar-refractivity contribution >= 4 is 29.9 Å². The van der Waals surface area contributed by atoms with Crippen molar-refractivity contribution in [2.75, 3.05) is 20.4 Å². The Morgan fingerprint density at radius 3 is 2.73 bits per heavy atom. The summed E-state index contributed by atoms with van der Waals surface area (Å²) in [6.07, 6.45) is 0.355. The molecule has 0 saturated carbocycles. The van der Waals surface area contributed by atoms with Crippen molar-refractivity contribution in [3.63, 3.8) is 0 Å². The molecule has 0 bridgehead atoms. The van der Waals surface area contributed by atoms with Crippen LogP contribution in [-0.4, -0.2) is 26.3 Å². The maximum atomic E-state index is 13.6. The summed E-state index contributed by atoms with van der Waals surface area (Å²) in [5.74, 6) is 0.414. The molecule has 140 valence electrons. The number of halogens is 3. The first kappa shape index (κ1) is 20.2. The molecule has 8 heteroatoms. The van der Waals surface area contributed by atoms with E-state index in [1.54, 1.807) is 13.1 Å². The Morgan fingerprint density at radius 1 is 1.12 bits per heavy atom. The molecule has 0 spiro atoms. The summed E-state index contributed by atoms with van der Waals surface area (Å²) in [5, 5.41) is 6.24. The number of hydrogen-bond acceptors (Lipinski definition) is 3. The highest BCUT2D eigenvalue weighted by Gasteiger charge is 2.13. The van der Waals surface area contributed by atoms with Gasteiger partial charge in [-0.15, -0.1) is 24.0 Å². The summed E-state index contributed by atoms with van der Waals surface area (Å²) in [7, 11) is 1.65. The monoisotopic (exact) mass is 475 g/mol. The van der Waals surface area contributed by atoms with Gasteiger partial charge in [0.2, 0.25) is 6.79 Å². The quantitative estimate of drug-likeness (QED) is 0.397. The second kappa shape index (κ2) is 9.56. The van der Waals surface area contributed by atoms with E-state index in [1.165, 1.54) is 6.07 Å². The number of nitrogens with one attached hydrogen (secondary N) is 2. The van der Waals surface area contributed by atoms with Gasteiger partial charge < -0.3 is 20.1 Å². The normalized spacial score (nSPS) is 12.5. The maximum absolute atomic E-state index is 13.6. The molecule has 0 amide bonds. The smallest absolute Gasteiger partial charge is 0.231 e. The Bertz CT molecular complexity index is 787. The number of guanidine groups is 1. The standard InChI is InChI=1S/C18H19F2N3O2.HI/c1-21-18(22-8-7-13-3-2-4-14(19)17(13)20)23-10-12-5-6-15-16(9-12)25-11-24-15;/h2-6,9H,7-8,10-11H2,1H3,(H2,21,22,23);1H. The number of hydrogen-bond donors (Lipinski definition) is 2. The van der Waals surface area contributed by atoms with E-state index in [2.05, 4.69) is 15.6 Å². The molecule has 2 N–H and O–H groups in total. The fourth-order valence-corrected chi connectivity index (χ4v) is 2.51. The Labute approximate surface area is 167 Å². The van der Waals surface area contributed by atoms with Gasteiger partial charge in [0.25, 0.3) is 0 Å². The van der Waals surface area contributed by atoms with Crippen LogP contribution < -0.4 is 20.1 Å². The molecule has 0 radical (unpaired) electrons. The van der Waals surface area contributed by atoms with E-state index >= 15 is 0 Å². The zero-order chi connectivity index (χ0) is 17.6. The summed E-state index contributed by atoms with van der Waals surface area (Å²) in [5.41, 5.74) is 1.35. The van der Waals surface area contributed by atoms with Gasteiger partial charge in [-0.05, 0) is 35.7 Å². The molecule has 1 aliphatic rings. The minimum Gasteiger partial charge on any atom is -0.454 e. The van der Waals surface area contributed by atoms with Crippen molar-refractivity contribution in [1.82, 2.24) is 10.6 Å². The fraction of sp³-hybridized carbons (Fsp3) is 0.278. The van der Waals surface area contributed by atoms with Gasteiger partial charge in [-0.2, -0.15) is 0 Å². The predicted molar refractivity (Wildman–Crippen MR) is 106 cm³/mol.